The molecular formula is C9H16ClNaO2. The third kappa shape index (κ3) is 5.95. The molecule has 0 aromatic heterocycles. The summed E-state index contributed by atoms with van der Waals surface area (Å²) >= 11 is 0. The van der Waals surface area contributed by atoms with E-state index in [1.54, 1.807) is 0 Å². The maximum absolute atomic E-state index is 11.1. The third-order valence-corrected chi connectivity index (χ3v) is 2.01. The molecule has 1 aliphatic rings. The van der Waals surface area contributed by atoms with Crippen LogP contribution in [0.25, 0.3) is 0 Å². The summed E-state index contributed by atoms with van der Waals surface area (Å²) in [7, 11) is 0. The predicted octanol–water partition coefficient (Wildman–Crippen LogP) is -0.630. The van der Waals surface area contributed by atoms with E-state index in [9.17, 15) is 4.79 Å². The quantitative estimate of drug-likeness (QED) is 0.348. The summed E-state index contributed by atoms with van der Waals surface area (Å²) in [5.41, 5.74) is 0. The molecule has 4 heteroatoms. The van der Waals surface area contributed by atoms with Gasteiger partial charge in [0.2, 0.25) is 0 Å². The molecule has 0 spiro atoms. The van der Waals surface area contributed by atoms with E-state index in [4.69, 9.17) is 4.74 Å². The van der Waals surface area contributed by atoms with E-state index in [-0.39, 0.29) is 53.9 Å². The van der Waals surface area contributed by atoms with Crippen LogP contribution >= 0.6 is 12.4 Å². The minimum atomic E-state index is -0.0350. The van der Waals surface area contributed by atoms with Gasteiger partial charge in [-0.1, -0.05) is 25.2 Å². The number of carbonyl (C=O) groups excluding carboxylic acids is 1. The Morgan fingerprint density at radius 2 is 2.23 bits per heavy atom. The Morgan fingerprint density at radius 1 is 1.54 bits per heavy atom. The van der Waals surface area contributed by atoms with Crippen molar-refractivity contribution >= 4 is 18.4 Å². The SMILES string of the molecule is CCOC(=O)[C@@H]1[CH-]CCCC1.Cl.[Na+]. The summed E-state index contributed by atoms with van der Waals surface area (Å²) in [6.45, 7) is 2.35. The van der Waals surface area contributed by atoms with Gasteiger partial charge >= 0.3 is 29.6 Å². The van der Waals surface area contributed by atoms with Crippen molar-refractivity contribution in [2.45, 2.75) is 32.6 Å². The number of carbonyl (C=O) groups is 1. The number of esters is 1. The molecule has 0 amide bonds. The van der Waals surface area contributed by atoms with Gasteiger partial charge in [-0.05, 0) is 6.92 Å². The van der Waals surface area contributed by atoms with Crippen LogP contribution in [0.1, 0.15) is 32.6 Å². The number of halogens is 1. The predicted molar refractivity (Wildman–Crippen MR) is 50.1 cm³/mol. The van der Waals surface area contributed by atoms with Crippen LogP contribution in [-0.4, -0.2) is 12.6 Å². The van der Waals surface area contributed by atoms with Crippen molar-refractivity contribution < 1.29 is 39.1 Å². The second-order valence-corrected chi connectivity index (χ2v) is 2.88. The third-order valence-electron chi connectivity index (χ3n) is 2.01. The number of hydrogen-bond acceptors (Lipinski definition) is 2. The first kappa shape index (κ1) is 16.2. The van der Waals surface area contributed by atoms with Crippen molar-refractivity contribution in [2.75, 3.05) is 6.61 Å². The summed E-state index contributed by atoms with van der Waals surface area (Å²) < 4.78 is 4.91. The fourth-order valence-electron chi connectivity index (χ4n) is 1.41. The Kier molecular flexibility index (Phi) is 11.6. The molecule has 0 aromatic rings. The molecule has 1 fully saturated rings. The summed E-state index contributed by atoms with van der Waals surface area (Å²) in [6.07, 6.45) is 6.54. The van der Waals surface area contributed by atoms with Crippen LogP contribution in [0.2, 0.25) is 0 Å². The Bertz CT molecular complexity index is 136. The minimum Gasteiger partial charge on any atom is -0.468 e. The largest absolute Gasteiger partial charge is 1.00 e. The maximum atomic E-state index is 11.1. The molecule has 0 heterocycles. The molecule has 1 atom stereocenters. The van der Waals surface area contributed by atoms with E-state index in [0.717, 1.165) is 12.8 Å². The molecular weight excluding hydrogens is 199 g/mol. The smallest absolute Gasteiger partial charge is 0.468 e. The van der Waals surface area contributed by atoms with Gasteiger partial charge in [-0.15, -0.1) is 12.4 Å². The molecule has 13 heavy (non-hydrogen) atoms. The summed E-state index contributed by atoms with van der Waals surface area (Å²) in [5.74, 6) is 0.0518. The van der Waals surface area contributed by atoms with Crippen LogP contribution in [0.5, 0.6) is 0 Å². The fourth-order valence-corrected chi connectivity index (χ4v) is 1.41. The van der Waals surface area contributed by atoms with Crippen LogP contribution in [0, 0.1) is 12.3 Å². The van der Waals surface area contributed by atoms with Crippen LogP contribution < -0.4 is 29.6 Å². The average Bonchev–Trinajstić information content (AvgIpc) is 2.07. The number of rotatable bonds is 2. The van der Waals surface area contributed by atoms with Crippen LogP contribution in [0.15, 0.2) is 0 Å². The van der Waals surface area contributed by atoms with Gasteiger partial charge in [0.25, 0.3) is 5.97 Å². The molecule has 0 aliphatic heterocycles. The van der Waals surface area contributed by atoms with E-state index in [0.29, 0.717) is 6.61 Å². The number of hydrogen-bond donors (Lipinski definition) is 0. The van der Waals surface area contributed by atoms with Crippen molar-refractivity contribution in [1.82, 2.24) is 0 Å². The molecule has 0 radical (unpaired) electrons. The number of ether oxygens (including phenoxy) is 1. The molecule has 1 rings (SSSR count). The molecule has 1 aliphatic carbocycles. The summed E-state index contributed by atoms with van der Waals surface area (Å²) in [6, 6.07) is 0. The molecule has 2 nitrogen and oxygen atoms in total. The van der Waals surface area contributed by atoms with Crippen LogP contribution in [0.3, 0.4) is 0 Å². The zero-order valence-electron chi connectivity index (χ0n) is 8.41. The van der Waals surface area contributed by atoms with Gasteiger partial charge in [0.1, 0.15) is 0 Å². The zero-order valence-corrected chi connectivity index (χ0v) is 11.2. The van der Waals surface area contributed by atoms with Crippen molar-refractivity contribution in [3.8, 4) is 0 Å². The Balaban J connectivity index is 0. The van der Waals surface area contributed by atoms with Crippen molar-refractivity contribution in [3.63, 3.8) is 0 Å². The van der Waals surface area contributed by atoms with Crippen LogP contribution in [-0.2, 0) is 9.53 Å². The van der Waals surface area contributed by atoms with Crippen molar-refractivity contribution in [1.29, 1.82) is 0 Å². The molecule has 0 saturated heterocycles. The summed E-state index contributed by atoms with van der Waals surface area (Å²) in [5, 5.41) is 0. The fraction of sp³-hybridized carbons (Fsp3) is 0.778. The van der Waals surface area contributed by atoms with Gasteiger partial charge in [0.15, 0.2) is 0 Å². The van der Waals surface area contributed by atoms with Gasteiger partial charge in [-0.3, -0.25) is 4.79 Å². The van der Waals surface area contributed by atoms with E-state index in [1.165, 1.54) is 12.8 Å². The first-order valence-corrected chi connectivity index (χ1v) is 4.34. The zero-order chi connectivity index (χ0) is 8.10. The van der Waals surface area contributed by atoms with Gasteiger partial charge in [0, 0.05) is 0 Å². The maximum Gasteiger partial charge on any atom is 1.00 e. The Labute approximate surface area is 108 Å². The topological polar surface area (TPSA) is 26.3 Å². The molecule has 0 aromatic carbocycles. The van der Waals surface area contributed by atoms with Gasteiger partial charge in [0.05, 0.1) is 6.61 Å². The van der Waals surface area contributed by atoms with Crippen LogP contribution in [0.4, 0.5) is 0 Å². The minimum absolute atomic E-state index is 0. The Hall–Kier alpha value is 0.760. The molecule has 1 saturated carbocycles. The second-order valence-electron chi connectivity index (χ2n) is 2.88. The average molecular weight is 215 g/mol. The monoisotopic (exact) mass is 214 g/mol. The first-order valence-electron chi connectivity index (χ1n) is 4.34. The molecule has 0 bridgehead atoms. The van der Waals surface area contributed by atoms with E-state index in [1.807, 2.05) is 6.92 Å². The Morgan fingerprint density at radius 3 is 2.69 bits per heavy atom. The van der Waals surface area contributed by atoms with Gasteiger partial charge in [-0.25, -0.2) is 0 Å². The summed E-state index contributed by atoms with van der Waals surface area (Å²) in [4.78, 5) is 11.1. The van der Waals surface area contributed by atoms with Gasteiger partial charge in [-0.2, -0.15) is 6.42 Å². The normalized spacial score (nSPS) is 20.8. The van der Waals surface area contributed by atoms with E-state index >= 15 is 0 Å². The van der Waals surface area contributed by atoms with Gasteiger partial charge < -0.3 is 11.2 Å². The molecule has 0 N–H and O–H groups in total. The van der Waals surface area contributed by atoms with E-state index in [2.05, 4.69) is 6.42 Å². The van der Waals surface area contributed by atoms with E-state index < -0.39 is 0 Å². The molecule has 0 unspecified atom stereocenters. The first-order chi connectivity index (χ1) is 5.34. The molecule has 72 valence electrons. The standard InChI is InChI=1S/C9H15O2.ClH.Na/c1-2-11-9(10)8-6-4-3-5-7-8;;/h6,8H,2-5,7H2,1H3;1H;/q-1;;+1/t8-;;/m1../s1. The van der Waals surface area contributed by atoms with Crippen molar-refractivity contribution in [2.24, 2.45) is 5.92 Å². The second kappa shape index (κ2) is 9.32. The van der Waals surface area contributed by atoms with Crippen molar-refractivity contribution in [3.05, 3.63) is 6.42 Å².